The minimum absolute atomic E-state index is 0.0509. The number of amides is 12. The summed E-state index contributed by atoms with van der Waals surface area (Å²) in [6.07, 6.45) is -4.12. The number of primary amides is 1. The molecular formula is C52H91N13O18. The quantitative estimate of drug-likeness (QED) is 0.0281. The summed E-state index contributed by atoms with van der Waals surface area (Å²) in [6, 6.07) is -17.4. The average Bonchev–Trinajstić information content (AvgIpc) is 3.86. The lowest BCUT2D eigenvalue weighted by Crippen LogP contribution is -2.63. The standard InChI is InChI=1S/C52H91N13O18/c1-14-24(6)37(48(78)54-26(8)42(72)62-38(28(10)67)50(80)56-27(9)52(82)83)61-41(71)25(7)55-49(79)39(29(11)68)63-43(73)31(17-18-35(53)70)57-51(81)40(30(12)69)64-45(75)33(21-66)59-47(77)36(23(4)5)60-44(74)32(20-22(2)3)58-46(76)34-16-15-19-65(34)13/h22-34,36-40,66-69H,14-21H2,1-13H3,(H2,53,70)(H,54,78)(H,55,79)(H,56,80)(H,57,81)(H,58,76)(H,59,77)(H,60,74)(H,61,71)(H,62,72)(H,63,73)(H,64,75)(H,82,83)/t24-,25-,26-,27-,28+,29+,30+,31-,32-,33-,34-,36-,37-,38-,39-,40-/m0/s1. The molecule has 31 heteroatoms. The Balaban J connectivity index is 3.23. The molecule has 0 unspecified atom stereocenters. The Labute approximate surface area is 483 Å². The molecule has 1 rings (SSSR count). The molecule has 0 bridgehead atoms. The SMILES string of the molecule is CC[C@H](C)[C@H](NC(=O)[C@H](C)NC(=O)[C@@H](NC(=O)[C@H](CCC(N)=O)NC(=O)[C@@H](NC(=O)[C@H](CO)NC(=O)[C@@H](NC(=O)[C@H](CC(C)C)NC(=O)[C@@H]1CCCN1C)C(C)C)[C@@H](C)O)[C@@H](C)O)C(=O)N[C@@H](C)C(=O)N[C@H](C(=O)N[C@@H](C)C(=O)O)[C@@H](C)O. The molecule has 1 aliphatic heterocycles. The highest BCUT2D eigenvalue weighted by Gasteiger charge is 2.39. The van der Waals surface area contributed by atoms with E-state index in [1.54, 1.807) is 34.7 Å². The van der Waals surface area contributed by atoms with Crippen LogP contribution in [0.2, 0.25) is 0 Å². The summed E-state index contributed by atoms with van der Waals surface area (Å²) in [7, 11) is 1.80. The normalized spacial score (nSPS) is 18.8. The van der Waals surface area contributed by atoms with Gasteiger partial charge in [-0.25, -0.2) is 0 Å². The van der Waals surface area contributed by atoms with Gasteiger partial charge in [-0.05, 0) is 98.6 Å². The van der Waals surface area contributed by atoms with Crippen molar-refractivity contribution in [2.24, 2.45) is 23.5 Å². The van der Waals surface area contributed by atoms with Crippen molar-refractivity contribution in [3.63, 3.8) is 0 Å². The number of rotatable bonds is 35. The number of hydrogen-bond donors (Lipinski definition) is 17. The molecule has 31 nitrogen and oxygen atoms in total. The van der Waals surface area contributed by atoms with E-state index in [9.17, 15) is 82.8 Å². The van der Waals surface area contributed by atoms with Crippen molar-refractivity contribution < 1.29 is 87.9 Å². The second-order valence-electron chi connectivity index (χ2n) is 22.0. The van der Waals surface area contributed by atoms with Gasteiger partial charge in [0.05, 0.1) is 31.0 Å². The maximum atomic E-state index is 13.8. The van der Waals surface area contributed by atoms with Gasteiger partial charge in [0.2, 0.25) is 70.9 Å². The van der Waals surface area contributed by atoms with Crippen LogP contribution in [0, 0.1) is 17.8 Å². The Morgan fingerprint density at radius 3 is 1.28 bits per heavy atom. The van der Waals surface area contributed by atoms with Crippen LogP contribution in [0.1, 0.15) is 122 Å². The largest absolute Gasteiger partial charge is 0.480 e. The van der Waals surface area contributed by atoms with Crippen LogP contribution in [-0.2, 0) is 62.3 Å². The van der Waals surface area contributed by atoms with E-state index in [0.29, 0.717) is 19.4 Å². The van der Waals surface area contributed by atoms with Crippen LogP contribution in [0.5, 0.6) is 0 Å². The zero-order valence-electron chi connectivity index (χ0n) is 49.6. The van der Waals surface area contributed by atoms with Crippen LogP contribution in [0.3, 0.4) is 0 Å². The molecule has 18 N–H and O–H groups in total. The van der Waals surface area contributed by atoms with Crippen molar-refractivity contribution in [3.05, 3.63) is 0 Å². The predicted molar refractivity (Wildman–Crippen MR) is 296 cm³/mol. The van der Waals surface area contributed by atoms with Crippen LogP contribution < -0.4 is 64.2 Å². The first-order valence-corrected chi connectivity index (χ1v) is 27.7. The Morgan fingerprint density at radius 1 is 0.494 bits per heavy atom. The highest BCUT2D eigenvalue weighted by molar-refractivity contribution is 5.99. The molecule has 0 aromatic heterocycles. The van der Waals surface area contributed by atoms with Gasteiger partial charge in [-0.3, -0.25) is 67.2 Å². The van der Waals surface area contributed by atoms with Gasteiger partial charge in [0.1, 0.15) is 66.5 Å². The fourth-order valence-corrected chi connectivity index (χ4v) is 8.36. The number of likely N-dealkylation sites (N-methyl/N-ethyl adjacent to an activating group) is 1. The molecule has 0 aliphatic carbocycles. The summed E-state index contributed by atoms with van der Waals surface area (Å²) in [5, 5.41) is 76.9. The van der Waals surface area contributed by atoms with Crippen molar-refractivity contribution in [1.29, 1.82) is 0 Å². The zero-order chi connectivity index (χ0) is 63.9. The first kappa shape index (κ1) is 73.9. The molecule has 0 aromatic carbocycles. The van der Waals surface area contributed by atoms with Gasteiger partial charge in [0.15, 0.2) is 0 Å². The maximum absolute atomic E-state index is 13.8. The predicted octanol–water partition coefficient (Wildman–Crippen LogP) is -6.29. The van der Waals surface area contributed by atoms with E-state index in [2.05, 4.69) is 58.5 Å². The number of hydrogen-bond acceptors (Lipinski definition) is 18. The number of nitrogens with one attached hydrogen (secondary N) is 11. The van der Waals surface area contributed by atoms with Crippen molar-refractivity contribution in [3.8, 4) is 0 Å². The number of aliphatic carboxylic acids is 1. The van der Waals surface area contributed by atoms with Crippen LogP contribution in [0.15, 0.2) is 0 Å². The highest BCUT2D eigenvalue weighted by atomic mass is 16.4. The number of aliphatic hydroxyl groups is 4. The number of carbonyl (C=O) groups is 13. The number of likely N-dealkylation sites (tertiary alicyclic amines) is 1. The van der Waals surface area contributed by atoms with E-state index in [4.69, 9.17) is 10.8 Å². The summed E-state index contributed by atoms with van der Waals surface area (Å²) in [6.45, 7) is 16.7. The monoisotopic (exact) mass is 1190 g/mol. The third-order valence-electron chi connectivity index (χ3n) is 13.8. The Bertz CT molecular complexity index is 2290. The molecule has 1 aliphatic rings. The number of carboxylic acids is 1. The average molecular weight is 1190 g/mol. The minimum Gasteiger partial charge on any atom is -0.480 e. The lowest BCUT2D eigenvalue weighted by atomic mass is 9.97. The van der Waals surface area contributed by atoms with E-state index < -0.39 is 193 Å². The van der Waals surface area contributed by atoms with Gasteiger partial charge in [0, 0.05) is 6.42 Å². The van der Waals surface area contributed by atoms with Gasteiger partial charge < -0.3 is 89.8 Å². The first-order valence-electron chi connectivity index (χ1n) is 27.7. The summed E-state index contributed by atoms with van der Waals surface area (Å²) in [4.78, 5) is 173. The van der Waals surface area contributed by atoms with E-state index in [-0.39, 0.29) is 18.2 Å². The number of nitrogens with two attached hydrogens (primary N) is 1. The molecule has 0 radical (unpaired) electrons. The summed E-state index contributed by atoms with van der Waals surface area (Å²) < 4.78 is 0. The maximum Gasteiger partial charge on any atom is 0.325 e. The van der Waals surface area contributed by atoms with E-state index >= 15 is 0 Å². The molecule has 1 fully saturated rings. The topological polar surface area (TPSA) is 485 Å². The molecule has 83 heavy (non-hydrogen) atoms. The van der Waals surface area contributed by atoms with Crippen LogP contribution in [-0.4, -0.2) is 218 Å². The summed E-state index contributed by atoms with van der Waals surface area (Å²) >= 11 is 0. The third kappa shape index (κ3) is 24.3. The second-order valence-corrected chi connectivity index (χ2v) is 22.0. The molecular weight excluding hydrogens is 1090 g/mol. The number of carbonyl (C=O) groups excluding carboxylic acids is 12. The Kier molecular flexibility index (Phi) is 31.3. The van der Waals surface area contributed by atoms with Crippen molar-refractivity contribution in [1.82, 2.24) is 63.4 Å². The molecule has 1 saturated heterocycles. The zero-order valence-corrected chi connectivity index (χ0v) is 49.6. The fraction of sp³-hybridized carbons (Fsp3) is 0.750. The smallest absolute Gasteiger partial charge is 0.325 e. The molecule has 0 aromatic rings. The molecule has 12 amide bonds. The van der Waals surface area contributed by atoms with Gasteiger partial charge >= 0.3 is 5.97 Å². The van der Waals surface area contributed by atoms with E-state index in [1.165, 1.54) is 13.8 Å². The van der Waals surface area contributed by atoms with Crippen LogP contribution in [0.25, 0.3) is 0 Å². The van der Waals surface area contributed by atoms with Crippen LogP contribution >= 0.6 is 0 Å². The van der Waals surface area contributed by atoms with Gasteiger partial charge in [0.25, 0.3) is 0 Å². The fourth-order valence-electron chi connectivity index (χ4n) is 8.36. The first-order chi connectivity index (χ1) is 38.5. The number of nitrogens with zero attached hydrogens (tertiary/aromatic N) is 1. The molecule has 1 heterocycles. The molecule has 16 atom stereocenters. The number of carboxylic acid groups (broad SMARTS) is 1. The van der Waals surface area contributed by atoms with Crippen molar-refractivity contribution in [2.75, 3.05) is 20.2 Å². The summed E-state index contributed by atoms with van der Waals surface area (Å²) in [5.74, 6) is -14.2. The number of aliphatic hydroxyl groups excluding tert-OH is 4. The lowest BCUT2D eigenvalue weighted by molar-refractivity contribution is -0.142. The van der Waals surface area contributed by atoms with Gasteiger partial charge in [-0.2, -0.15) is 0 Å². The third-order valence-corrected chi connectivity index (χ3v) is 13.8. The minimum atomic E-state index is -1.93. The van der Waals surface area contributed by atoms with E-state index in [0.717, 1.165) is 34.1 Å². The highest BCUT2D eigenvalue weighted by Crippen LogP contribution is 2.17. The Morgan fingerprint density at radius 2 is 0.880 bits per heavy atom. The van der Waals surface area contributed by atoms with Crippen molar-refractivity contribution >= 4 is 76.9 Å². The summed E-state index contributed by atoms with van der Waals surface area (Å²) in [5.41, 5.74) is 5.34. The van der Waals surface area contributed by atoms with Crippen molar-refractivity contribution in [2.45, 2.75) is 212 Å². The second kappa shape index (κ2) is 35.1. The molecule has 0 spiro atoms. The van der Waals surface area contributed by atoms with Gasteiger partial charge in [-0.1, -0.05) is 48.0 Å². The van der Waals surface area contributed by atoms with Gasteiger partial charge in [-0.15, -0.1) is 0 Å². The molecule has 0 saturated carbocycles. The lowest BCUT2D eigenvalue weighted by Gasteiger charge is -2.30. The Hall–Kier alpha value is -7.09. The van der Waals surface area contributed by atoms with E-state index in [1.807, 2.05) is 18.7 Å². The molecule has 472 valence electrons. The van der Waals surface area contributed by atoms with Crippen LogP contribution in [0.4, 0.5) is 0 Å².